The summed E-state index contributed by atoms with van der Waals surface area (Å²) < 4.78 is 1.64. The zero-order valence-corrected chi connectivity index (χ0v) is 19.4. The third-order valence-corrected chi connectivity index (χ3v) is 6.21. The molecule has 3 rings (SSSR count). The molecule has 0 unspecified atom stereocenters. The first-order valence-corrected chi connectivity index (χ1v) is 11.7. The van der Waals surface area contributed by atoms with Crippen molar-refractivity contribution in [3.05, 3.63) is 69.5 Å². The van der Waals surface area contributed by atoms with Gasteiger partial charge in [0.05, 0.1) is 5.52 Å². The second-order valence-corrected chi connectivity index (χ2v) is 8.52. The third-order valence-electron chi connectivity index (χ3n) is 6.21. The van der Waals surface area contributed by atoms with Crippen LogP contribution < -0.4 is 10.9 Å². The highest BCUT2D eigenvalue weighted by Gasteiger charge is 2.22. The number of rotatable bonds is 10. The molecule has 0 fully saturated rings. The van der Waals surface area contributed by atoms with E-state index in [2.05, 4.69) is 12.2 Å². The summed E-state index contributed by atoms with van der Waals surface area (Å²) in [5.74, 6) is -0.843. The maximum absolute atomic E-state index is 13.3. The molecule has 0 aliphatic rings. The summed E-state index contributed by atoms with van der Waals surface area (Å²) in [6, 6.07) is 12.8. The molecule has 1 amide bonds. The van der Waals surface area contributed by atoms with Crippen LogP contribution in [0, 0.1) is 13.8 Å². The topological polar surface area (TPSA) is 71.3 Å². The molecular formula is C27H34N2O3. The van der Waals surface area contributed by atoms with Crippen LogP contribution in [0.2, 0.25) is 0 Å². The van der Waals surface area contributed by atoms with Gasteiger partial charge in [-0.15, -0.1) is 0 Å². The van der Waals surface area contributed by atoms with Crippen LogP contribution >= 0.6 is 0 Å². The summed E-state index contributed by atoms with van der Waals surface area (Å²) >= 11 is 0. The minimum absolute atomic E-state index is 0.201. The number of amides is 1. The van der Waals surface area contributed by atoms with E-state index in [1.807, 2.05) is 38.1 Å². The number of anilines is 1. The average Bonchev–Trinajstić information content (AvgIpc) is 2.78. The fourth-order valence-corrected chi connectivity index (χ4v) is 4.11. The van der Waals surface area contributed by atoms with E-state index in [4.69, 9.17) is 0 Å². The Morgan fingerprint density at radius 1 is 0.938 bits per heavy atom. The molecule has 2 N–H and O–H groups in total. The van der Waals surface area contributed by atoms with Crippen LogP contribution in [0.15, 0.2) is 47.3 Å². The van der Waals surface area contributed by atoms with Gasteiger partial charge < -0.3 is 15.0 Å². The number of aromatic nitrogens is 1. The summed E-state index contributed by atoms with van der Waals surface area (Å²) in [7, 11) is 0. The second kappa shape index (κ2) is 11.0. The highest BCUT2D eigenvalue weighted by atomic mass is 16.3. The van der Waals surface area contributed by atoms with Crippen LogP contribution in [0.5, 0.6) is 5.75 Å². The Hall–Kier alpha value is -3.08. The molecule has 0 spiro atoms. The highest BCUT2D eigenvalue weighted by molar-refractivity contribution is 6.09. The smallest absolute Gasteiger partial charge is 0.267 e. The summed E-state index contributed by atoms with van der Waals surface area (Å²) in [5.41, 5.74) is 2.62. The number of nitrogens with one attached hydrogen (secondary N) is 1. The van der Waals surface area contributed by atoms with Gasteiger partial charge in [0.25, 0.3) is 11.5 Å². The molecule has 3 aromatic rings. The first-order chi connectivity index (χ1) is 15.5. The Morgan fingerprint density at radius 3 is 2.38 bits per heavy atom. The summed E-state index contributed by atoms with van der Waals surface area (Å²) in [6.45, 7) is 6.62. The van der Waals surface area contributed by atoms with E-state index in [9.17, 15) is 14.7 Å². The van der Waals surface area contributed by atoms with Crippen LogP contribution in [-0.2, 0) is 6.54 Å². The molecule has 5 nitrogen and oxygen atoms in total. The number of nitrogens with zero attached hydrogens (tertiary/aromatic N) is 1. The number of aromatic hydroxyl groups is 1. The van der Waals surface area contributed by atoms with Gasteiger partial charge in [0.1, 0.15) is 11.3 Å². The lowest BCUT2D eigenvalue weighted by Crippen LogP contribution is -2.30. The lowest BCUT2D eigenvalue weighted by Gasteiger charge is -2.16. The number of hydrogen-bond acceptors (Lipinski definition) is 3. The molecular weight excluding hydrogens is 400 g/mol. The number of pyridine rings is 1. The maximum Gasteiger partial charge on any atom is 0.267 e. The van der Waals surface area contributed by atoms with E-state index >= 15 is 0 Å². The number of benzene rings is 2. The minimum Gasteiger partial charge on any atom is -0.506 e. The molecule has 1 aromatic heterocycles. The van der Waals surface area contributed by atoms with Crippen molar-refractivity contribution < 1.29 is 9.90 Å². The van der Waals surface area contributed by atoms with Gasteiger partial charge in [0.2, 0.25) is 0 Å². The molecule has 0 aliphatic carbocycles. The second-order valence-electron chi connectivity index (χ2n) is 8.52. The van der Waals surface area contributed by atoms with Gasteiger partial charge in [-0.1, -0.05) is 69.7 Å². The van der Waals surface area contributed by atoms with Crippen LogP contribution in [0.25, 0.3) is 10.9 Å². The molecule has 0 bridgehead atoms. The number of carbonyl (C=O) groups excluding carboxylic acids is 1. The van der Waals surface area contributed by atoms with Crippen LogP contribution in [-0.4, -0.2) is 15.6 Å². The van der Waals surface area contributed by atoms with Gasteiger partial charge in [0, 0.05) is 17.6 Å². The summed E-state index contributed by atoms with van der Waals surface area (Å²) in [4.78, 5) is 26.4. The molecule has 0 radical (unpaired) electrons. The Bertz CT molecular complexity index is 1150. The van der Waals surface area contributed by atoms with Crippen molar-refractivity contribution in [3.63, 3.8) is 0 Å². The average molecular weight is 435 g/mol. The van der Waals surface area contributed by atoms with E-state index in [0.717, 1.165) is 30.4 Å². The van der Waals surface area contributed by atoms with Crippen molar-refractivity contribution in [2.75, 3.05) is 5.32 Å². The predicted octanol–water partition coefficient (Wildman–Crippen LogP) is 6.33. The van der Waals surface area contributed by atoms with Crippen LogP contribution in [0.3, 0.4) is 0 Å². The van der Waals surface area contributed by atoms with E-state index in [0.29, 0.717) is 23.1 Å². The largest absolute Gasteiger partial charge is 0.506 e. The van der Waals surface area contributed by atoms with E-state index < -0.39 is 11.5 Å². The number of carbonyl (C=O) groups is 1. The van der Waals surface area contributed by atoms with Crippen LogP contribution in [0.1, 0.15) is 73.4 Å². The predicted molar refractivity (Wildman–Crippen MR) is 132 cm³/mol. The van der Waals surface area contributed by atoms with E-state index in [1.54, 1.807) is 22.8 Å². The number of unbranched alkanes of at least 4 members (excludes halogenated alkanes) is 6. The summed E-state index contributed by atoms with van der Waals surface area (Å²) in [6.07, 6.45) is 7.99. The van der Waals surface area contributed by atoms with Gasteiger partial charge in [-0.3, -0.25) is 9.59 Å². The standard InChI is InChI=1S/C27H34N2O3/c1-4-5-6-7-8-9-12-18-29-23-17-11-10-15-21(23)25(30)24(27(29)32)26(31)28-22-16-13-14-19(2)20(22)3/h10-11,13-17,30H,4-9,12,18H2,1-3H3,(H,28,31). The van der Waals surface area contributed by atoms with E-state index in [1.165, 1.54) is 25.7 Å². The van der Waals surface area contributed by atoms with Crippen molar-refractivity contribution in [2.24, 2.45) is 0 Å². The Kier molecular flexibility index (Phi) is 8.09. The maximum atomic E-state index is 13.3. The third kappa shape index (κ3) is 5.21. The number of hydrogen-bond donors (Lipinski definition) is 2. The SMILES string of the molecule is CCCCCCCCCn1c(=O)c(C(=O)Nc2cccc(C)c2C)c(O)c2ccccc21. The molecule has 2 aromatic carbocycles. The lowest BCUT2D eigenvalue weighted by molar-refractivity contribution is 0.102. The Balaban J connectivity index is 1.89. The number of aryl methyl sites for hydroxylation is 2. The molecule has 0 atom stereocenters. The van der Waals surface area contributed by atoms with Crippen molar-refractivity contribution in [1.82, 2.24) is 4.57 Å². The van der Waals surface area contributed by atoms with Crippen LogP contribution in [0.4, 0.5) is 5.69 Å². The zero-order valence-electron chi connectivity index (χ0n) is 19.4. The van der Waals surface area contributed by atoms with Gasteiger partial charge in [-0.2, -0.15) is 0 Å². The Morgan fingerprint density at radius 2 is 1.62 bits per heavy atom. The molecule has 32 heavy (non-hydrogen) atoms. The van der Waals surface area contributed by atoms with Gasteiger partial charge >= 0.3 is 0 Å². The normalized spacial score (nSPS) is 11.1. The molecule has 1 heterocycles. The van der Waals surface area contributed by atoms with Gasteiger partial charge in [-0.05, 0) is 49.6 Å². The lowest BCUT2D eigenvalue weighted by atomic mass is 10.1. The highest BCUT2D eigenvalue weighted by Crippen LogP contribution is 2.28. The van der Waals surface area contributed by atoms with Crippen molar-refractivity contribution >= 4 is 22.5 Å². The fraction of sp³-hybridized carbons (Fsp3) is 0.407. The van der Waals surface area contributed by atoms with Gasteiger partial charge in [-0.25, -0.2) is 0 Å². The minimum atomic E-state index is -0.583. The number of para-hydroxylation sites is 1. The summed E-state index contributed by atoms with van der Waals surface area (Å²) in [5, 5.41) is 14.2. The molecule has 5 heteroatoms. The number of fused-ring (bicyclic) bond motifs is 1. The van der Waals surface area contributed by atoms with Crippen molar-refractivity contribution in [3.8, 4) is 5.75 Å². The first kappa shape index (κ1) is 23.6. The molecule has 0 saturated carbocycles. The van der Waals surface area contributed by atoms with E-state index in [-0.39, 0.29) is 11.3 Å². The van der Waals surface area contributed by atoms with Crippen molar-refractivity contribution in [2.45, 2.75) is 72.3 Å². The quantitative estimate of drug-likeness (QED) is 0.366. The van der Waals surface area contributed by atoms with Crippen molar-refractivity contribution in [1.29, 1.82) is 0 Å². The molecule has 0 saturated heterocycles. The first-order valence-electron chi connectivity index (χ1n) is 11.7. The fourth-order valence-electron chi connectivity index (χ4n) is 4.11. The molecule has 170 valence electrons. The Labute approximate surface area is 190 Å². The van der Waals surface area contributed by atoms with Gasteiger partial charge in [0.15, 0.2) is 0 Å². The zero-order chi connectivity index (χ0) is 23.1. The molecule has 0 aliphatic heterocycles. The monoisotopic (exact) mass is 434 g/mol.